The maximum atomic E-state index is 12.5. The fourth-order valence-electron chi connectivity index (χ4n) is 3.95. The fourth-order valence-corrected chi connectivity index (χ4v) is 3.95. The Morgan fingerprint density at radius 3 is 2.23 bits per heavy atom. The van der Waals surface area contributed by atoms with Gasteiger partial charge in [0.1, 0.15) is 6.04 Å². The van der Waals surface area contributed by atoms with E-state index >= 15 is 0 Å². The van der Waals surface area contributed by atoms with Gasteiger partial charge in [0.25, 0.3) is 0 Å². The van der Waals surface area contributed by atoms with Gasteiger partial charge in [-0.3, -0.25) is 4.79 Å². The second-order valence-electron chi connectivity index (χ2n) is 7.02. The first-order valence-electron chi connectivity index (χ1n) is 8.65. The Labute approximate surface area is 149 Å². The second kappa shape index (κ2) is 8.22. The number of piperidine rings is 1. The van der Waals surface area contributed by atoms with Crippen molar-refractivity contribution < 1.29 is 27.9 Å². The van der Waals surface area contributed by atoms with Crippen LogP contribution in [0.5, 0.6) is 0 Å². The molecule has 3 fully saturated rings. The molecule has 4 atom stereocenters. The molecule has 7 nitrogen and oxygen atoms in total. The zero-order chi connectivity index (χ0) is 19.5. The summed E-state index contributed by atoms with van der Waals surface area (Å²) in [6, 6.07) is 2.65. The van der Waals surface area contributed by atoms with E-state index in [0.29, 0.717) is 18.6 Å². The monoisotopic (exact) mass is 376 g/mol. The van der Waals surface area contributed by atoms with Crippen molar-refractivity contribution in [1.82, 2.24) is 10.2 Å². The minimum absolute atomic E-state index is 0.00431. The first-order chi connectivity index (χ1) is 12.1. The Bertz CT molecular complexity index is 566. The van der Waals surface area contributed by atoms with Gasteiger partial charge in [-0.25, -0.2) is 4.79 Å². The normalized spacial score (nSPS) is 31.6. The average molecular weight is 376 g/mol. The van der Waals surface area contributed by atoms with Gasteiger partial charge in [0.15, 0.2) is 0 Å². The summed E-state index contributed by atoms with van der Waals surface area (Å²) in [5, 5.41) is 19.8. The number of halogens is 3. The van der Waals surface area contributed by atoms with Gasteiger partial charge in [-0.2, -0.15) is 18.4 Å². The Hall–Kier alpha value is -1.86. The zero-order valence-corrected chi connectivity index (χ0v) is 14.2. The number of aliphatic carboxylic acids is 1. The number of carbonyl (C=O) groups is 2. The summed E-state index contributed by atoms with van der Waals surface area (Å²) in [5.41, 5.74) is 6.21. The molecule has 0 aliphatic carbocycles. The number of rotatable bonds is 2. The van der Waals surface area contributed by atoms with E-state index in [9.17, 15) is 18.0 Å². The molecule has 4 N–H and O–H groups in total. The van der Waals surface area contributed by atoms with E-state index in [-0.39, 0.29) is 17.9 Å². The van der Waals surface area contributed by atoms with Crippen LogP contribution in [0.3, 0.4) is 0 Å². The predicted molar refractivity (Wildman–Crippen MR) is 84.7 cm³/mol. The molecular weight excluding hydrogens is 353 g/mol. The standard InChI is InChI=1S/C14H22N4O.C2HF3O2/c15-8-12-2-1-5-18(12)14(19)13(16)9-6-10-3-4-11(7-9)17-10;3-2(4,5)1(6)7/h9-13,17H,1-7,16H2;(H,6,7)/t9?,10?,11?,12-,13-;/m0./s1. The van der Waals surface area contributed by atoms with E-state index in [1.807, 2.05) is 0 Å². The molecule has 1 amide bonds. The van der Waals surface area contributed by atoms with Gasteiger partial charge < -0.3 is 21.1 Å². The van der Waals surface area contributed by atoms with Crippen LogP contribution in [0.4, 0.5) is 13.2 Å². The molecule has 0 aromatic heterocycles. The lowest BCUT2D eigenvalue weighted by Crippen LogP contribution is -2.53. The Kier molecular flexibility index (Phi) is 6.47. The molecule has 3 saturated heterocycles. The highest BCUT2D eigenvalue weighted by molar-refractivity contribution is 5.83. The Morgan fingerprint density at radius 1 is 1.23 bits per heavy atom. The van der Waals surface area contributed by atoms with Gasteiger partial charge in [0.2, 0.25) is 5.91 Å². The molecule has 26 heavy (non-hydrogen) atoms. The van der Waals surface area contributed by atoms with Crippen molar-refractivity contribution in [2.24, 2.45) is 11.7 Å². The van der Waals surface area contributed by atoms with Crippen LogP contribution in [0.2, 0.25) is 0 Å². The van der Waals surface area contributed by atoms with Crippen LogP contribution in [-0.2, 0) is 9.59 Å². The van der Waals surface area contributed by atoms with Crippen molar-refractivity contribution in [2.75, 3.05) is 6.54 Å². The van der Waals surface area contributed by atoms with Crippen LogP contribution < -0.4 is 11.1 Å². The number of hydrogen-bond acceptors (Lipinski definition) is 5. The van der Waals surface area contributed by atoms with Crippen LogP contribution in [-0.4, -0.2) is 58.8 Å². The maximum absolute atomic E-state index is 12.5. The van der Waals surface area contributed by atoms with E-state index in [1.165, 1.54) is 12.8 Å². The van der Waals surface area contributed by atoms with Crippen LogP contribution in [0.15, 0.2) is 0 Å². The van der Waals surface area contributed by atoms with Crippen molar-refractivity contribution in [3.05, 3.63) is 0 Å². The SMILES string of the molecule is N#C[C@@H]1CCCN1C(=O)[C@@H](N)C1CC2CCC(C1)N2.O=C(O)C(F)(F)F. The molecule has 3 aliphatic heterocycles. The summed E-state index contributed by atoms with van der Waals surface area (Å²) < 4.78 is 31.7. The van der Waals surface area contributed by atoms with Crippen LogP contribution in [0, 0.1) is 17.2 Å². The van der Waals surface area contributed by atoms with Crippen molar-refractivity contribution >= 4 is 11.9 Å². The number of amides is 1. The number of nitriles is 1. The first kappa shape index (κ1) is 20.5. The van der Waals surface area contributed by atoms with Crippen molar-refractivity contribution in [1.29, 1.82) is 5.26 Å². The van der Waals surface area contributed by atoms with E-state index < -0.39 is 18.2 Å². The number of alkyl halides is 3. The van der Waals surface area contributed by atoms with Crippen molar-refractivity contribution in [2.45, 2.75) is 68.9 Å². The number of nitrogens with two attached hydrogens (primary N) is 1. The maximum Gasteiger partial charge on any atom is 0.490 e. The minimum Gasteiger partial charge on any atom is -0.475 e. The van der Waals surface area contributed by atoms with Crippen LogP contribution >= 0.6 is 0 Å². The summed E-state index contributed by atoms with van der Waals surface area (Å²) >= 11 is 0. The lowest BCUT2D eigenvalue weighted by atomic mass is 9.86. The number of likely N-dealkylation sites (tertiary alicyclic amines) is 1. The molecule has 0 aromatic rings. The van der Waals surface area contributed by atoms with Gasteiger partial charge in [-0.1, -0.05) is 0 Å². The zero-order valence-electron chi connectivity index (χ0n) is 14.2. The number of carboxylic acids is 1. The molecule has 0 spiro atoms. The molecule has 3 rings (SSSR count). The highest BCUT2D eigenvalue weighted by atomic mass is 19.4. The van der Waals surface area contributed by atoms with Crippen LogP contribution in [0.1, 0.15) is 38.5 Å². The summed E-state index contributed by atoms with van der Waals surface area (Å²) in [4.78, 5) is 23.1. The Balaban J connectivity index is 0.000000298. The Morgan fingerprint density at radius 2 is 1.77 bits per heavy atom. The first-order valence-corrected chi connectivity index (χ1v) is 8.65. The lowest BCUT2D eigenvalue weighted by molar-refractivity contribution is -0.192. The van der Waals surface area contributed by atoms with E-state index in [1.54, 1.807) is 4.90 Å². The smallest absolute Gasteiger partial charge is 0.475 e. The molecule has 146 valence electrons. The van der Waals surface area contributed by atoms with E-state index in [4.69, 9.17) is 20.9 Å². The predicted octanol–water partition coefficient (Wildman–Crippen LogP) is 0.992. The fraction of sp³-hybridized carbons (Fsp3) is 0.812. The highest BCUT2D eigenvalue weighted by Crippen LogP contribution is 2.33. The second-order valence-corrected chi connectivity index (χ2v) is 7.02. The average Bonchev–Trinajstić information content (AvgIpc) is 3.19. The topological polar surface area (TPSA) is 119 Å². The highest BCUT2D eigenvalue weighted by Gasteiger charge is 2.41. The third kappa shape index (κ3) is 4.86. The molecule has 3 heterocycles. The van der Waals surface area contributed by atoms with E-state index in [2.05, 4.69) is 11.4 Å². The number of fused-ring (bicyclic) bond motifs is 2. The molecule has 0 radical (unpaired) electrons. The third-order valence-electron chi connectivity index (χ3n) is 5.23. The van der Waals surface area contributed by atoms with Crippen molar-refractivity contribution in [3.8, 4) is 6.07 Å². The van der Waals surface area contributed by atoms with Crippen LogP contribution in [0.25, 0.3) is 0 Å². The molecule has 10 heteroatoms. The van der Waals surface area contributed by atoms with Crippen molar-refractivity contribution in [3.63, 3.8) is 0 Å². The third-order valence-corrected chi connectivity index (χ3v) is 5.23. The number of hydrogen-bond donors (Lipinski definition) is 3. The molecular formula is C16H23F3N4O3. The number of carboxylic acid groups (broad SMARTS) is 1. The number of nitrogens with zero attached hydrogens (tertiary/aromatic N) is 2. The van der Waals surface area contributed by atoms with Gasteiger partial charge in [0.05, 0.1) is 12.1 Å². The molecule has 2 bridgehead atoms. The summed E-state index contributed by atoms with van der Waals surface area (Å²) in [5.74, 6) is -2.48. The molecule has 0 saturated carbocycles. The van der Waals surface area contributed by atoms with E-state index in [0.717, 1.165) is 25.7 Å². The van der Waals surface area contributed by atoms with Gasteiger partial charge in [0, 0.05) is 18.6 Å². The number of nitrogens with one attached hydrogen (secondary N) is 1. The lowest BCUT2D eigenvalue weighted by Gasteiger charge is -2.34. The van der Waals surface area contributed by atoms with Gasteiger partial charge >= 0.3 is 12.1 Å². The summed E-state index contributed by atoms with van der Waals surface area (Å²) in [7, 11) is 0. The number of carbonyl (C=O) groups excluding carboxylic acids is 1. The summed E-state index contributed by atoms with van der Waals surface area (Å²) in [6.07, 6.45) is 1.09. The molecule has 3 aliphatic rings. The van der Waals surface area contributed by atoms with Gasteiger partial charge in [-0.05, 0) is 44.4 Å². The largest absolute Gasteiger partial charge is 0.490 e. The van der Waals surface area contributed by atoms with Gasteiger partial charge in [-0.15, -0.1) is 0 Å². The molecule has 2 unspecified atom stereocenters. The minimum atomic E-state index is -5.08. The quantitative estimate of drug-likeness (QED) is 0.661. The molecule has 0 aromatic carbocycles. The summed E-state index contributed by atoms with van der Waals surface area (Å²) in [6.45, 7) is 0.697.